The first kappa shape index (κ1) is 10.6. The highest BCUT2D eigenvalue weighted by molar-refractivity contribution is 7.09. The first-order valence-corrected chi connectivity index (χ1v) is 6.25. The summed E-state index contributed by atoms with van der Waals surface area (Å²) in [4.78, 5) is 18.2. The molecule has 1 fully saturated rings. The molecule has 1 aromatic heterocycles. The Morgan fingerprint density at radius 1 is 1.73 bits per heavy atom. The van der Waals surface area contributed by atoms with E-state index in [1.165, 1.54) is 0 Å². The van der Waals surface area contributed by atoms with Gasteiger partial charge in [-0.1, -0.05) is 0 Å². The van der Waals surface area contributed by atoms with E-state index in [2.05, 4.69) is 11.9 Å². The number of rotatable bonds is 2. The lowest BCUT2D eigenvalue weighted by Gasteiger charge is -2.20. The molecule has 2 heterocycles. The zero-order chi connectivity index (χ0) is 10.8. The van der Waals surface area contributed by atoms with Crippen molar-refractivity contribution in [3.63, 3.8) is 0 Å². The van der Waals surface area contributed by atoms with E-state index in [0.29, 0.717) is 12.5 Å². The number of hydrogen-bond donors (Lipinski definition) is 0. The zero-order valence-corrected chi connectivity index (χ0v) is 10.0. The predicted molar refractivity (Wildman–Crippen MR) is 61.0 cm³/mol. The van der Waals surface area contributed by atoms with Crippen molar-refractivity contribution in [2.45, 2.75) is 39.2 Å². The number of likely N-dealkylation sites (tertiary alicyclic amines) is 1. The van der Waals surface area contributed by atoms with E-state index in [9.17, 15) is 4.79 Å². The fraction of sp³-hybridized carbons (Fsp3) is 0.636. The van der Waals surface area contributed by atoms with Crippen molar-refractivity contribution >= 4 is 17.2 Å². The summed E-state index contributed by atoms with van der Waals surface area (Å²) in [5.41, 5.74) is 0.918. The van der Waals surface area contributed by atoms with Gasteiger partial charge in [-0.3, -0.25) is 4.79 Å². The Morgan fingerprint density at radius 2 is 2.53 bits per heavy atom. The molecular formula is C11H16N2OS. The number of hydrogen-bond acceptors (Lipinski definition) is 3. The van der Waals surface area contributed by atoms with Crippen LogP contribution < -0.4 is 0 Å². The molecule has 1 amide bonds. The van der Waals surface area contributed by atoms with Gasteiger partial charge < -0.3 is 4.90 Å². The van der Waals surface area contributed by atoms with Crippen LogP contribution in [0.1, 0.15) is 30.5 Å². The van der Waals surface area contributed by atoms with Crippen LogP contribution >= 0.6 is 11.3 Å². The van der Waals surface area contributed by atoms with Gasteiger partial charge >= 0.3 is 0 Å². The quantitative estimate of drug-likeness (QED) is 0.770. The van der Waals surface area contributed by atoms with E-state index in [1.54, 1.807) is 11.3 Å². The molecule has 1 atom stereocenters. The van der Waals surface area contributed by atoms with Crippen LogP contribution in [-0.2, 0) is 11.2 Å². The molecule has 1 aliphatic rings. The number of amides is 1. The number of carbonyl (C=O) groups is 1. The van der Waals surface area contributed by atoms with Gasteiger partial charge in [0.05, 0.1) is 17.1 Å². The first-order valence-electron chi connectivity index (χ1n) is 5.37. The normalized spacial score (nSPS) is 20.9. The molecule has 4 heteroatoms. The van der Waals surface area contributed by atoms with E-state index in [-0.39, 0.29) is 5.91 Å². The maximum atomic E-state index is 11.9. The van der Waals surface area contributed by atoms with Gasteiger partial charge in [-0.25, -0.2) is 4.98 Å². The first-order chi connectivity index (χ1) is 7.16. The van der Waals surface area contributed by atoms with Crippen molar-refractivity contribution in [3.05, 3.63) is 16.1 Å². The molecule has 3 nitrogen and oxygen atoms in total. The van der Waals surface area contributed by atoms with Crippen LogP contribution in [0.5, 0.6) is 0 Å². The van der Waals surface area contributed by atoms with Crippen LogP contribution in [0.4, 0.5) is 0 Å². The average Bonchev–Trinajstić information content (AvgIpc) is 2.75. The van der Waals surface area contributed by atoms with Crippen LogP contribution in [0, 0.1) is 6.92 Å². The van der Waals surface area contributed by atoms with E-state index in [1.807, 2.05) is 17.2 Å². The number of aryl methyl sites for hydroxylation is 1. The van der Waals surface area contributed by atoms with Crippen LogP contribution in [0.3, 0.4) is 0 Å². The lowest BCUT2D eigenvalue weighted by atomic mass is 10.2. The summed E-state index contributed by atoms with van der Waals surface area (Å²) in [7, 11) is 0. The van der Waals surface area contributed by atoms with Gasteiger partial charge in [0.25, 0.3) is 0 Å². The van der Waals surface area contributed by atoms with Crippen molar-refractivity contribution in [2.24, 2.45) is 0 Å². The van der Waals surface area contributed by atoms with E-state index in [4.69, 9.17) is 0 Å². The van der Waals surface area contributed by atoms with Crippen LogP contribution in [0.15, 0.2) is 5.38 Å². The van der Waals surface area contributed by atoms with E-state index >= 15 is 0 Å². The Morgan fingerprint density at radius 3 is 3.07 bits per heavy atom. The smallest absolute Gasteiger partial charge is 0.228 e. The maximum Gasteiger partial charge on any atom is 0.228 e. The zero-order valence-electron chi connectivity index (χ0n) is 9.19. The van der Waals surface area contributed by atoms with Gasteiger partial charge in [0.15, 0.2) is 0 Å². The van der Waals surface area contributed by atoms with Crippen molar-refractivity contribution in [1.29, 1.82) is 0 Å². The molecule has 1 saturated heterocycles. The largest absolute Gasteiger partial charge is 0.340 e. The van der Waals surface area contributed by atoms with Gasteiger partial charge in [0.1, 0.15) is 0 Å². The summed E-state index contributed by atoms with van der Waals surface area (Å²) in [5.74, 6) is 0.227. The Kier molecular flexibility index (Phi) is 3.05. The highest BCUT2D eigenvalue weighted by Gasteiger charge is 2.25. The summed E-state index contributed by atoms with van der Waals surface area (Å²) in [5, 5.41) is 3.01. The lowest BCUT2D eigenvalue weighted by Crippen LogP contribution is -2.34. The molecule has 15 heavy (non-hydrogen) atoms. The second kappa shape index (κ2) is 4.31. The van der Waals surface area contributed by atoms with Gasteiger partial charge in [-0.2, -0.15) is 0 Å². The monoisotopic (exact) mass is 224 g/mol. The lowest BCUT2D eigenvalue weighted by molar-refractivity contribution is -0.131. The van der Waals surface area contributed by atoms with Gasteiger partial charge in [-0.05, 0) is 26.7 Å². The van der Waals surface area contributed by atoms with Crippen molar-refractivity contribution in [1.82, 2.24) is 9.88 Å². The molecule has 1 aromatic rings. The van der Waals surface area contributed by atoms with Crippen LogP contribution in [0.2, 0.25) is 0 Å². The molecule has 0 spiro atoms. The Balaban J connectivity index is 1.97. The third kappa shape index (κ3) is 2.37. The molecular weight excluding hydrogens is 208 g/mol. The Labute approximate surface area is 94.1 Å². The third-order valence-corrected chi connectivity index (χ3v) is 3.69. The van der Waals surface area contributed by atoms with E-state index in [0.717, 1.165) is 30.1 Å². The highest BCUT2D eigenvalue weighted by atomic mass is 32.1. The van der Waals surface area contributed by atoms with Crippen molar-refractivity contribution in [2.75, 3.05) is 6.54 Å². The molecule has 0 saturated carbocycles. The number of thiazole rings is 1. The van der Waals surface area contributed by atoms with Crippen LogP contribution in [0.25, 0.3) is 0 Å². The summed E-state index contributed by atoms with van der Waals surface area (Å²) >= 11 is 1.61. The summed E-state index contributed by atoms with van der Waals surface area (Å²) in [6.07, 6.45) is 2.75. The minimum atomic E-state index is 0.227. The molecule has 0 aromatic carbocycles. The molecule has 0 unspecified atom stereocenters. The molecule has 82 valence electrons. The number of carbonyl (C=O) groups excluding carboxylic acids is 1. The predicted octanol–water partition coefficient (Wildman–Crippen LogP) is 2.00. The molecule has 2 rings (SSSR count). The minimum Gasteiger partial charge on any atom is -0.340 e. The van der Waals surface area contributed by atoms with Gasteiger partial charge in [-0.15, -0.1) is 11.3 Å². The third-order valence-electron chi connectivity index (χ3n) is 2.87. The molecule has 1 aliphatic heterocycles. The number of nitrogens with zero attached hydrogens (tertiary/aromatic N) is 2. The van der Waals surface area contributed by atoms with Crippen molar-refractivity contribution < 1.29 is 4.79 Å². The fourth-order valence-electron chi connectivity index (χ4n) is 2.05. The SMILES string of the molecule is Cc1nc(CC(=O)N2CCC[C@@H]2C)cs1. The molecule has 0 aliphatic carbocycles. The molecule has 0 N–H and O–H groups in total. The van der Waals surface area contributed by atoms with Crippen LogP contribution in [-0.4, -0.2) is 28.4 Å². The fourth-order valence-corrected chi connectivity index (χ4v) is 2.66. The molecule has 0 radical (unpaired) electrons. The topological polar surface area (TPSA) is 33.2 Å². The minimum absolute atomic E-state index is 0.227. The van der Waals surface area contributed by atoms with Gasteiger partial charge in [0, 0.05) is 18.0 Å². The summed E-state index contributed by atoms with van der Waals surface area (Å²) in [6, 6.07) is 0.414. The van der Waals surface area contributed by atoms with Gasteiger partial charge in [0.2, 0.25) is 5.91 Å². The van der Waals surface area contributed by atoms with E-state index < -0.39 is 0 Å². The summed E-state index contributed by atoms with van der Waals surface area (Å²) in [6.45, 7) is 5.01. The second-order valence-electron chi connectivity index (χ2n) is 4.11. The summed E-state index contributed by atoms with van der Waals surface area (Å²) < 4.78 is 0. The maximum absolute atomic E-state index is 11.9. The molecule has 0 bridgehead atoms. The Bertz CT molecular complexity index is 361. The number of aromatic nitrogens is 1. The standard InChI is InChI=1S/C11H16N2OS/c1-8-4-3-5-13(8)11(14)6-10-7-15-9(2)12-10/h7-8H,3-6H2,1-2H3/t8-/m0/s1. The highest BCUT2D eigenvalue weighted by Crippen LogP contribution is 2.18. The average molecular weight is 224 g/mol. The second-order valence-corrected chi connectivity index (χ2v) is 5.18. The van der Waals surface area contributed by atoms with Crippen molar-refractivity contribution in [3.8, 4) is 0 Å². The Hall–Kier alpha value is -0.900.